The van der Waals surface area contributed by atoms with Gasteiger partial charge in [-0.1, -0.05) is 0 Å². The number of aryl methyl sites for hydroxylation is 2. The number of ether oxygens (including phenoxy) is 1. The summed E-state index contributed by atoms with van der Waals surface area (Å²) < 4.78 is 6.92. The standard InChI is InChI=1S/C19H24N4O2S/c1-6-20-19(26)22-21-11-16-10-13(3)23(14(16)4)17-8-7-15(9-12(17)2)18(24)25-5/h7-11H,6H2,1-5H3,(H2,20,22,26)/b21-11-. The largest absolute Gasteiger partial charge is 0.465 e. The van der Waals surface area contributed by atoms with Crippen LogP contribution in [0.1, 0.15) is 39.8 Å². The third kappa shape index (κ3) is 4.29. The number of nitrogens with one attached hydrogen (secondary N) is 2. The molecule has 0 atom stereocenters. The number of esters is 1. The lowest BCUT2D eigenvalue weighted by molar-refractivity contribution is 0.0600. The highest BCUT2D eigenvalue weighted by molar-refractivity contribution is 7.80. The van der Waals surface area contributed by atoms with Crippen LogP contribution in [-0.2, 0) is 4.74 Å². The summed E-state index contributed by atoms with van der Waals surface area (Å²) in [5.74, 6) is -0.337. The van der Waals surface area contributed by atoms with E-state index in [0.717, 1.165) is 34.7 Å². The molecule has 0 aliphatic rings. The summed E-state index contributed by atoms with van der Waals surface area (Å²) in [6.07, 6.45) is 1.75. The van der Waals surface area contributed by atoms with Crippen molar-refractivity contribution in [1.29, 1.82) is 0 Å². The average molecular weight is 372 g/mol. The Morgan fingerprint density at radius 1 is 1.31 bits per heavy atom. The number of hydrogen-bond donors (Lipinski definition) is 2. The maximum absolute atomic E-state index is 11.7. The van der Waals surface area contributed by atoms with Crippen LogP contribution in [0.15, 0.2) is 29.4 Å². The van der Waals surface area contributed by atoms with Crippen molar-refractivity contribution >= 4 is 29.5 Å². The maximum atomic E-state index is 11.7. The molecule has 1 heterocycles. The van der Waals surface area contributed by atoms with E-state index in [9.17, 15) is 4.79 Å². The molecule has 1 aromatic heterocycles. The maximum Gasteiger partial charge on any atom is 0.337 e. The second kappa shape index (κ2) is 8.62. The SMILES string of the molecule is CCNC(=S)N/N=C\c1cc(C)n(-c2ccc(C(=O)OC)cc2C)c1C. The van der Waals surface area contributed by atoms with Gasteiger partial charge < -0.3 is 14.6 Å². The van der Waals surface area contributed by atoms with Crippen LogP contribution in [0.25, 0.3) is 5.69 Å². The monoisotopic (exact) mass is 372 g/mol. The molecule has 0 unspecified atom stereocenters. The fourth-order valence-corrected chi connectivity index (χ4v) is 3.00. The minimum absolute atomic E-state index is 0.337. The first kappa shape index (κ1) is 19.7. The highest BCUT2D eigenvalue weighted by atomic mass is 32.1. The molecule has 0 saturated carbocycles. The molecule has 0 saturated heterocycles. The van der Waals surface area contributed by atoms with Gasteiger partial charge >= 0.3 is 5.97 Å². The number of benzene rings is 1. The van der Waals surface area contributed by atoms with Gasteiger partial charge in [0.1, 0.15) is 0 Å². The van der Waals surface area contributed by atoms with Gasteiger partial charge in [-0.05, 0) is 69.7 Å². The van der Waals surface area contributed by atoms with Crippen molar-refractivity contribution in [2.45, 2.75) is 27.7 Å². The number of thiocarbonyl (C=S) groups is 1. The molecule has 1 aromatic carbocycles. The van der Waals surface area contributed by atoms with E-state index in [1.165, 1.54) is 7.11 Å². The van der Waals surface area contributed by atoms with Crippen LogP contribution in [0.2, 0.25) is 0 Å². The number of carbonyl (C=O) groups is 1. The highest BCUT2D eigenvalue weighted by Gasteiger charge is 2.13. The van der Waals surface area contributed by atoms with Crippen molar-refractivity contribution in [3.8, 4) is 5.69 Å². The molecule has 0 fully saturated rings. The first-order valence-electron chi connectivity index (χ1n) is 8.34. The van der Waals surface area contributed by atoms with Crippen molar-refractivity contribution < 1.29 is 9.53 Å². The van der Waals surface area contributed by atoms with Crippen LogP contribution in [0.3, 0.4) is 0 Å². The average Bonchev–Trinajstić information content (AvgIpc) is 2.88. The van der Waals surface area contributed by atoms with Gasteiger partial charge in [-0.15, -0.1) is 0 Å². The van der Waals surface area contributed by atoms with Gasteiger partial charge in [-0.2, -0.15) is 5.10 Å². The molecule has 138 valence electrons. The Bertz CT molecular complexity index is 855. The van der Waals surface area contributed by atoms with Crippen LogP contribution in [0, 0.1) is 20.8 Å². The molecular formula is C19H24N4O2S. The number of hydrogen-bond acceptors (Lipinski definition) is 4. The van der Waals surface area contributed by atoms with E-state index in [1.807, 2.05) is 39.8 Å². The van der Waals surface area contributed by atoms with E-state index in [4.69, 9.17) is 17.0 Å². The van der Waals surface area contributed by atoms with Gasteiger partial charge in [0.15, 0.2) is 5.11 Å². The third-order valence-electron chi connectivity index (χ3n) is 4.04. The van der Waals surface area contributed by atoms with Crippen molar-refractivity contribution in [3.63, 3.8) is 0 Å². The number of nitrogens with zero attached hydrogens (tertiary/aromatic N) is 2. The predicted octanol–water partition coefficient (Wildman–Crippen LogP) is 3.01. The first-order chi connectivity index (χ1) is 12.4. The molecule has 7 heteroatoms. The van der Waals surface area contributed by atoms with Crippen LogP contribution >= 0.6 is 12.2 Å². The Morgan fingerprint density at radius 2 is 2.04 bits per heavy atom. The van der Waals surface area contributed by atoms with Crippen molar-refractivity contribution in [2.24, 2.45) is 5.10 Å². The Morgan fingerprint density at radius 3 is 2.65 bits per heavy atom. The zero-order valence-electron chi connectivity index (χ0n) is 15.7. The fraction of sp³-hybridized carbons (Fsp3) is 0.316. The Kier molecular flexibility index (Phi) is 6.52. The Hall–Kier alpha value is -2.67. The van der Waals surface area contributed by atoms with Gasteiger partial charge in [0.2, 0.25) is 0 Å². The molecule has 0 radical (unpaired) electrons. The molecule has 2 aromatic rings. The van der Waals surface area contributed by atoms with Crippen molar-refractivity contribution in [2.75, 3.05) is 13.7 Å². The smallest absolute Gasteiger partial charge is 0.337 e. The van der Waals surface area contributed by atoms with E-state index < -0.39 is 0 Å². The van der Waals surface area contributed by atoms with Gasteiger partial charge in [0.05, 0.1) is 18.9 Å². The topological polar surface area (TPSA) is 67.7 Å². The lowest BCUT2D eigenvalue weighted by Crippen LogP contribution is -2.31. The number of aromatic nitrogens is 1. The summed E-state index contributed by atoms with van der Waals surface area (Å²) in [5.41, 5.74) is 8.46. The summed E-state index contributed by atoms with van der Waals surface area (Å²) in [5, 5.41) is 7.66. The number of carbonyl (C=O) groups excluding carboxylic acids is 1. The fourth-order valence-electron chi connectivity index (χ4n) is 2.80. The molecule has 2 N–H and O–H groups in total. The van der Waals surface area contributed by atoms with E-state index in [2.05, 4.69) is 26.5 Å². The van der Waals surface area contributed by atoms with E-state index in [1.54, 1.807) is 12.3 Å². The normalized spacial score (nSPS) is 10.8. The predicted molar refractivity (Wildman–Crippen MR) is 108 cm³/mol. The lowest BCUT2D eigenvalue weighted by Gasteiger charge is -2.13. The van der Waals surface area contributed by atoms with Crippen LogP contribution in [-0.4, -0.2) is 35.5 Å². The molecule has 0 aliphatic heterocycles. The zero-order chi connectivity index (χ0) is 19.3. The molecule has 0 amide bonds. The number of rotatable bonds is 5. The van der Waals surface area contributed by atoms with E-state index in [-0.39, 0.29) is 5.97 Å². The van der Waals surface area contributed by atoms with E-state index in [0.29, 0.717) is 10.7 Å². The molecule has 0 bridgehead atoms. The summed E-state index contributed by atoms with van der Waals surface area (Å²) >= 11 is 5.09. The molecule has 26 heavy (non-hydrogen) atoms. The minimum atomic E-state index is -0.337. The van der Waals surface area contributed by atoms with Crippen LogP contribution in [0.5, 0.6) is 0 Å². The molecular weight excluding hydrogens is 348 g/mol. The minimum Gasteiger partial charge on any atom is -0.465 e. The molecule has 2 rings (SSSR count). The molecule has 6 nitrogen and oxygen atoms in total. The molecule has 0 spiro atoms. The lowest BCUT2D eigenvalue weighted by atomic mass is 10.1. The van der Waals surface area contributed by atoms with Gasteiger partial charge in [-0.25, -0.2) is 4.79 Å². The van der Waals surface area contributed by atoms with Gasteiger partial charge in [-0.3, -0.25) is 5.43 Å². The van der Waals surface area contributed by atoms with Crippen LogP contribution in [0.4, 0.5) is 0 Å². The van der Waals surface area contributed by atoms with Gasteiger partial charge in [0.25, 0.3) is 0 Å². The van der Waals surface area contributed by atoms with Crippen LogP contribution < -0.4 is 10.7 Å². The van der Waals surface area contributed by atoms with E-state index >= 15 is 0 Å². The highest BCUT2D eigenvalue weighted by Crippen LogP contribution is 2.23. The number of hydrazone groups is 1. The first-order valence-corrected chi connectivity index (χ1v) is 8.75. The van der Waals surface area contributed by atoms with Crippen molar-refractivity contribution in [1.82, 2.24) is 15.3 Å². The second-order valence-corrected chi connectivity index (χ2v) is 6.29. The zero-order valence-corrected chi connectivity index (χ0v) is 16.5. The summed E-state index contributed by atoms with van der Waals surface area (Å²) in [4.78, 5) is 11.7. The Balaban J connectivity index is 2.31. The Labute approximate surface area is 159 Å². The second-order valence-electron chi connectivity index (χ2n) is 5.88. The van der Waals surface area contributed by atoms with Crippen molar-refractivity contribution in [3.05, 3.63) is 52.3 Å². The number of methoxy groups -OCH3 is 1. The molecule has 0 aliphatic carbocycles. The summed E-state index contributed by atoms with van der Waals surface area (Å²) in [6.45, 7) is 8.76. The summed E-state index contributed by atoms with van der Waals surface area (Å²) in [6, 6.07) is 7.60. The van der Waals surface area contributed by atoms with Gasteiger partial charge in [0, 0.05) is 29.2 Å². The third-order valence-corrected chi connectivity index (χ3v) is 4.27. The quantitative estimate of drug-likeness (QED) is 0.365. The summed E-state index contributed by atoms with van der Waals surface area (Å²) in [7, 11) is 1.38.